The zero-order valence-corrected chi connectivity index (χ0v) is 19.9. The molecule has 0 aromatic heterocycles. The van der Waals surface area contributed by atoms with Crippen LogP contribution in [-0.4, -0.2) is 24.5 Å². The average Bonchev–Trinajstić information content (AvgIpc) is 2.74. The molecule has 0 unspecified atom stereocenters. The van der Waals surface area contributed by atoms with Crippen LogP contribution in [0.5, 0.6) is 0 Å². The Morgan fingerprint density at radius 1 is 0.897 bits per heavy atom. The predicted molar refractivity (Wildman–Crippen MR) is 131 cm³/mol. The number of nitrogens with zero attached hydrogens (tertiary/aromatic N) is 1. The summed E-state index contributed by atoms with van der Waals surface area (Å²) in [6.07, 6.45) is 22.1. The number of hydrogen-bond donors (Lipinski definition) is 0. The third kappa shape index (κ3) is 9.71. The molecule has 29 heavy (non-hydrogen) atoms. The molecule has 0 aliphatic heterocycles. The van der Waals surface area contributed by atoms with Gasteiger partial charge in [-0.3, -0.25) is 4.90 Å². The maximum atomic E-state index is 6.66. The van der Waals surface area contributed by atoms with E-state index in [2.05, 4.69) is 49.1 Å². The molecule has 2 rings (SSSR count). The lowest BCUT2D eigenvalue weighted by Gasteiger charge is -2.23. The van der Waals surface area contributed by atoms with Crippen LogP contribution in [0.15, 0.2) is 24.3 Å². The van der Waals surface area contributed by atoms with Gasteiger partial charge in [-0.2, -0.15) is 0 Å². The topological polar surface area (TPSA) is 3.24 Å². The van der Waals surface area contributed by atoms with Crippen molar-refractivity contribution in [1.29, 1.82) is 0 Å². The highest BCUT2D eigenvalue weighted by molar-refractivity contribution is 6.31. The first-order chi connectivity index (χ1) is 14.2. The predicted octanol–water partition coefficient (Wildman–Crippen LogP) is 8.86. The van der Waals surface area contributed by atoms with Crippen LogP contribution in [0.1, 0.15) is 114 Å². The second-order valence-electron chi connectivity index (χ2n) is 8.94. The quantitative estimate of drug-likeness (QED) is 0.273. The van der Waals surface area contributed by atoms with Crippen LogP contribution in [0.25, 0.3) is 6.08 Å². The molecule has 0 bridgehead atoms. The molecular formula is C27H44ClN. The van der Waals surface area contributed by atoms with Crippen molar-refractivity contribution < 1.29 is 0 Å². The van der Waals surface area contributed by atoms with Gasteiger partial charge in [-0.15, -0.1) is 0 Å². The summed E-state index contributed by atoms with van der Waals surface area (Å²) in [4.78, 5) is 2.64. The fourth-order valence-corrected chi connectivity index (χ4v) is 4.89. The SMILES string of the molecule is CCCCCCN(CC=Cc1ccc(C2CCCCC2)c(Cl)c1)CCCCCC. The Morgan fingerprint density at radius 3 is 2.14 bits per heavy atom. The lowest BCUT2D eigenvalue weighted by atomic mass is 9.84. The summed E-state index contributed by atoms with van der Waals surface area (Å²) in [5.74, 6) is 0.677. The molecule has 1 nitrogen and oxygen atoms in total. The number of halogens is 1. The van der Waals surface area contributed by atoms with Crippen molar-refractivity contribution in [2.45, 2.75) is 103 Å². The zero-order chi connectivity index (χ0) is 20.7. The molecule has 0 saturated heterocycles. The maximum Gasteiger partial charge on any atom is 0.0446 e. The molecule has 1 aliphatic rings. The largest absolute Gasteiger partial charge is 0.300 e. The average molecular weight is 418 g/mol. The maximum absolute atomic E-state index is 6.66. The van der Waals surface area contributed by atoms with Crippen LogP contribution in [0.2, 0.25) is 5.02 Å². The van der Waals surface area contributed by atoms with Gasteiger partial charge in [0.05, 0.1) is 0 Å². The van der Waals surface area contributed by atoms with Crippen LogP contribution in [0, 0.1) is 0 Å². The van der Waals surface area contributed by atoms with Crippen LogP contribution >= 0.6 is 11.6 Å². The summed E-state index contributed by atoms with van der Waals surface area (Å²) in [5, 5.41) is 0.968. The fourth-order valence-electron chi connectivity index (χ4n) is 4.55. The second-order valence-corrected chi connectivity index (χ2v) is 9.35. The van der Waals surface area contributed by atoms with Crippen molar-refractivity contribution in [3.05, 3.63) is 40.4 Å². The summed E-state index contributed by atoms with van der Waals surface area (Å²) in [7, 11) is 0. The van der Waals surface area contributed by atoms with E-state index in [9.17, 15) is 0 Å². The first kappa shape index (κ1) is 24.5. The van der Waals surface area contributed by atoms with E-state index >= 15 is 0 Å². The standard InChI is InChI=1S/C27H44ClN/c1-3-5-7-12-20-29(21-13-8-6-4-2)22-14-15-24-18-19-26(27(28)23-24)25-16-10-9-11-17-25/h14-15,18-19,23,25H,3-13,16-17,20-22H2,1-2H3. The van der Waals surface area contributed by atoms with E-state index in [1.54, 1.807) is 0 Å². The van der Waals surface area contributed by atoms with E-state index in [1.807, 2.05) is 0 Å². The third-order valence-electron chi connectivity index (χ3n) is 6.40. The smallest absolute Gasteiger partial charge is 0.0446 e. The molecular weight excluding hydrogens is 374 g/mol. The number of unbranched alkanes of at least 4 members (excludes halogenated alkanes) is 6. The Bertz CT molecular complexity index is 562. The molecule has 164 valence electrons. The minimum Gasteiger partial charge on any atom is -0.300 e. The van der Waals surface area contributed by atoms with Gasteiger partial charge in [-0.25, -0.2) is 0 Å². The van der Waals surface area contributed by atoms with Gasteiger partial charge in [-0.05, 0) is 61.9 Å². The van der Waals surface area contributed by atoms with E-state index < -0.39 is 0 Å². The second kappa shape index (κ2) is 15.1. The number of rotatable bonds is 14. The Hall–Kier alpha value is -0.790. The number of hydrogen-bond acceptors (Lipinski definition) is 1. The highest BCUT2D eigenvalue weighted by Gasteiger charge is 2.17. The van der Waals surface area contributed by atoms with E-state index in [0.717, 1.165) is 11.6 Å². The van der Waals surface area contributed by atoms with Gasteiger partial charge >= 0.3 is 0 Å². The summed E-state index contributed by atoms with van der Waals surface area (Å²) in [6.45, 7) is 8.10. The van der Waals surface area contributed by atoms with Crippen molar-refractivity contribution in [3.8, 4) is 0 Å². The van der Waals surface area contributed by atoms with Crippen LogP contribution in [0.3, 0.4) is 0 Å². The molecule has 1 aromatic carbocycles. The Balaban J connectivity index is 1.85. The van der Waals surface area contributed by atoms with Crippen molar-refractivity contribution in [2.24, 2.45) is 0 Å². The fraction of sp³-hybridized carbons (Fsp3) is 0.704. The molecule has 0 amide bonds. The van der Waals surface area contributed by atoms with Gasteiger partial charge in [0.15, 0.2) is 0 Å². The first-order valence-corrected chi connectivity index (χ1v) is 12.8. The summed E-state index contributed by atoms with van der Waals surface area (Å²) >= 11 is 6.66. The van der Waals surface area contributed by atoms with Crippen molar-refractivity contribution in [3.63, 3.8) is 0 Å². The van der Waals surface area contributed by atoms with Gasteiger partial charge in [0, 0.05) is 11.6 Å². The highest BCUT2D eigenvalue weighted by Crippen LogP contribution is 2.36. The molecule has 1 aliphatic carbocycles. The monoisotopic (exact) mass is 417 g/mol. The van der Waals surface area contributed by atoms with Crippen molar-refractivity contribution in [2.75, 3.05) is 19.6 Å². The van der Waals surface area contributed by atoms with E-state index in [4.69, 9.17) is 11.6 Å². The Kier molecular flexibility index (Phi) is 12.7. The van der Waals surface area contributed by atoms with Crippen molar-refractivity contribution in [1.82, 2.24) is 4.90 Å². The Labute approximate surface area is 185 Å². The zero-order valence-electron chi connectivity index (χ0n) is 19.1. The molecule has 0 N–H and O–H groups in total. The van der Waals surface area contributed by atoms with E-state index in [1.165, 1.54) is 108 Å². The highest BCUT2D eigenvalue weighted by atomic mass is 35.5. The molecule has 1 fully saturated rings. The molecule has 2 heteroatoms. The van der Waals surface area contributed by atoms with Gasteiger partial charge in [0.25, 0.3) is 0 Å². The molecule has 1 saturated carbocycles. The molecule has 0 spiro atoms. The van der Waals surface area contributed by atoms with Crippen LogP contribution in [0.4, 0.5) is 0 Å². The minimum absolute atomic E-state index is 0.677. The molecule has 0 heterocycles. The lowest BCUT2D eigenvalue weighted by molar-refractivity contribution is 0.287. The van der Waals surface area contributed by atoms with Gasteiger partial charge in [-0.1, -0.05) is 108 Å². The van der Waals surface area contributed by atoms with E-state index in [0.29, 0.717) is 5.92 Å². The van der Waals surface area contributed by atoms with Gasteiger partial charge in [0.2, 0.25) is 0 Å². The van der Waals surface area contributed by atoms with E-state index in [-0.39, 0.29) is 0 Å². The molecule has 0 radical (unpaired) electrons. The summed E-state index contributed by atoms with van der Waals surface area (Å²) < 4.78 is 0. The third-order valence-corrected chi connectivity index (χ3v) is 6.73. The molecule has 1 aromatic rings. The van der Waals surface area contributed by atoms with Crippen LogP contribution < -0.4 is 0 Å². The summed E-state index contributed by atoms with van der Waals surface area (Å²) in [5.41, 5.74) is 2.61. The van der Waals surface area contributed by atoms with Gasteiger partial charge in [0.1, 0.15) is 0 Å². The summed E-state index contributed by atoms with van der Waals surface area (Å²) in [6, 6.07) is 6.72. The van der Waals surface area contributed by atoms with Crippen LogP contribution in [-0.2, 0) is 0 Å². The molecule has 0 atom stereocenters. The first-order valence-electron chi connectivity index (χ1n) is 12.4. The van der Waals surface area contributed by atoms with Gasteiger partial charge < -0.3 is 0 Å². The number of benzene rings is 1. The minimum atomic E-state index is 0.677. The lowest BCUT2D eigenvalue weighted by Crippen LogP contribution is -2.26. The Morgan fingerprint density at radius 2 is 1.55 bits per heavy atom. The van der Waals surface area contributed by atoms with Crippen molar-refractivity contribution >= 4 is 17.7 Å². The normalized spacial score (nSPS) is 15.6.